The Morgan fingerprint density at radius 3 is 2.62 bits per heavy atom. The van der Waals surface area contributed by atoms with Gasteiger partial charge in [0.1, 0.15) is 16.3 Å². The zero-order chi connectivity index (χ0) is 24.7. The maximum Gasteiger partial charge on any atom is 0.407 e. The van der Waals surface area contributed by atoms with Crippen molar-refractivity contribution in [3.05, 3.63) is 63.0 Å². The number of benzene rings is 2. The first kappa shape index (κ1) is 23.8. The number of likely N-dealkylation sites (N-methyl/N-ethyl adjacent to an activating group) is 1. The Morgan fingerprint density at radius 2 is 2.00 bits per heavy atom. The van der Waals surface area contributed by atoms with Gasteiger partial charge in [0.15, 0.2) is 0 Å². The quantitative estimate of drug-likeness (QED) is 0.342. The fourth-order valence-corrected chi connectivity index (χ4v) is 5.34. The number of hydrogen-bond acceptors (Lipinski definition) is 4. The van der Waals surface area contributed by atoms with Crippen LogP contribution in [0.4, 0.5) is 9.18 Å². The molecule has 0 fully saturated rings. The molecule has 2 aromatic heterocycles. The van der Waals surface area contributed by atoms with Crippen molar-refractivity contribution in [3.8, 4) is 16.9 Å². The number of pyridine rings is 1. The van der Waals surface area contributed by atoms with Gasteiger partial charge in [0, 0.05) is 35.8 Å². The molecule has 0 bridgehead atoms. The van der Waals surface area contributed by atoms with Crippen molar-refractivity contribution in [1.82, 2.24) is 9.88 Å². The molecule has 0 aliphatic rings. The van der Waals surface area contributed by atoms with Gasteiger partial charge in [-0.3, -0.25) is 4.79 Å². The van der Waals surface area contributed by atoms with Crippen LogP contribution in [0.3, 0.4) is 0 Å². The van der Waals surface area contributed by atoms with E-state index in [1.54, 1.807) is 13.2 Å². The van der Waals surface area contributed by atoms with Crippen molar-refractivity contribution < 1.29 is 19.0 Å². The number of fused-ring (bicyclic) bond motifs is 3. The molecule has 0 saturated heterocycles. The van der Waals surface area contributed by atoms with E-state index in [1.165, 1.54) is 29.4 Å². The smallest absolute Gasteiger partial charge is 0.407 e. The summed E-state index contributed by atoms with van der Waals surface area (Å²) >= 11 is 1.36. The Labute approximate surface area is 200 Å². The van der Waals surface area contributed by atoms with Crippen LogP contribution in [0.25, 0.3) is 32.1 Å². The molecule has 0 radical (unpaired) electrons. The molecule has 34 heavy (non-hydrogen) atoms. The van der Waals surface area contributed by atoms with E-state index in [2.05, 4.69) is 4.98 Å². The van der Waals surface area contributed by atoms with E-state index >= 15 is 4.39 Å². The summed E-state index contributed by atoms with van der Waals surface area (Å²) in [5, 5.41) is 12.8. The lowest BCUT2D eigenvalue weighted by Gasteiger charge is -2.26. The molecular weight excluding hydrogens is 455 g/mol. The van der Waals surface area contributed by atoms with Gasteiger partial charge in [0.25, 0.3) is 5.56 Å². The third-order valence-electron chi connectivity index (χ3n) is 6.38. The number of thiophene rings is 1. The molecule has 2 aromatic carbocycles. The van der Waals surface area contributed by atoms with Crippen LogP contribution in [-0.2, 0) is 0 Å². The standard InChI is InChI=1S/C26H27FN2O4S/c1-13(2)18(12-29(4)26(31)32)16-7-6-15(11-19(16)27)21-20(33-5)10-14(3)23-22(21)17-8-9-34-24(17)25(30)28-23/h6-11,13,18H,12H2,1-5H3,(H,28,30)(H,31,32). The number of rotatable bonds is 6. The molecule has 0 spiro atoms. The Hall–Kier alpha value is -3.39. The number of ether oxygens (including phenoxy) is 1. The Kier molecular flexibility index (Phi) is 6.36. The first-order valence-corrected chi connectivity index (χ1v) is 11.9. The minimum atomic E-state index is -1.05. The van der Waals surface area contributed by atoms with Crippen molar-refractivity contribution in [2.24, 2.45) is 5.92 Å². The van der Waals surface area contributed by atoms with Crippen LogP contribution >= 0.6 is 11.3 Å². The Morgan fingerprint density at radius 1 is 1.26 bits per heavy atom. The monoisotopic (exact) mass is 482 g/mol. The van der Waals surface area contributed by atoms with Crippen LogP contribution in [-0.4, -0.2) is 41.8 Å². The summed E-state index contributed by atoms with van der Waals surface area (Å²) in [4.78, 5) is 28.1. The molecule has 4 aromatic rings. The molecule has 6 nitrogen and oxygen atoms in total. The van der Waals surface area contributed by atoms with Crippen LogP contribution in [0.5, 0.6) is 5.75 Å². The number of carboxylic acid groups (broad SMARTS) is 1. The number of amides is 1. The lowest BCUT2D eigenvalue weighted by Crippen LogP contribution is -2.31. The molecule has 0 saturated carbocycles. The van der Waals surface area contributed by atoms with Gasteiger partial charge < -0.3 is 19.7 Å². The van der Waals surface area contributed by atoms with E-state index in [0.717, 1.165) is 16.3 Å². The highest BCUT2D eigenvalue weighted by atomic mass is 32.1. The summed E-state index contributed by atoms with van der Waals surface area (Å²) in [5.41, 5.74) is 3.19. The molecule has 0 aliphatic carbocycles. The van der Waals surface area contributed by atoms with Crippen LogP contribution in [0.1, 0.15) is 30.9 Å². The zero-order valence-electron chi connectivity index (χ0n) is 19.7. The summed E-state index contributed by atoms with van der Waals surface area (Å²) in [5.74, 6) is -0.0846. The highest BCUT2D eigenvalue weighted by Crippen LogP contribution is 2.42. The Bertz CT molecular complexity index is 1460. The second kappa shape index (κ2) is 9.10. The summed E-state index contributed by atoms with van der Waals surface area (Å²) in [6.07, 6.45) is -1.05. The number of nitrogens with zero attached hydrogens (tertiary/aromatic N) is 1. The van der Waals surface area contributed by atoms with Gasteiger partial charge in [-0.15, -0.1) is 11.3 Å². The van der Waals surface area contributed by atoms with Gasteiger partial charge in [-0.2, -0.15) is 0 Å². The normalized spacial score (nSPS) is 12.4. The van der Waals surface area contributed by atoms with E-state index in [0.29, 0.717) is 32.7 Å². The first-order valence-electron chi connectivity index (χ1n) is 11.0. The lowest BCUT2D eigenvalue weighted by atomic mass is 9.86. The number of carbonyl (C=O) groups is 1. The van der Waals surface area contributed by atoms with Crippen LogP contribution in [0, 0.1) is 18.7 Å². The predicted octanol–water partition coefficient (Wildman–Crippen LogP) is 6.22. The molecule has 2 heterocycles. The van der Waals surface area contributed by atoms with E-state index in [1.807, 2.05) is 44.4 Å². The molecule has 1 atom stereocenters. The first-order chi connectivity index (χ1) is 16.1. The summed E-state index contributed by atoms with van der Waals surface area (Å²) in [6, 6.07) is 8.79. The van der Waals surface area contributed by atoms with Crippen LogP contribution in [0.15, 0.2) is 40.5 Å². The highest BCUT2D eigenvalue weighted by Gasteiger charge is 2.25. The predicted molar refractivity (Wildman–Crippen MR) is 135 cm³/mol. The molecule has 1 unspecified atom stereocenters. The third kappa shape index (κ3) is 4.03. The SMILES string of the molecule is COc1cc(C)c2[nH]c(=O)c3sccc3c2c1-c1ccc(C(CN(C)C(=O)O)C(C)C)c(F)c1. The molecule has 1 amide bonds. The van der Waals surface area contributed by atoms with Gasteiger partial charge in [0.2, 0.25) is 0 Å². The van der Waals surface area contributed by atoms with Crippen molar-refractivity contribution in [1.29, 1.82) is 0 Å². The lowest BCUT2D eigenvalue weighted by molar-refractivity contribution is 0.150. The second-order valence-corrected chi connectivity index (χ2v) is 9.80. The number of H-pyrrole nitrogens is 1. The molecule has 8 heteroatoms. The molecule has 2 N–H and O–H groups in total. The zero-order valence-corrected chi connectivity index (χ0v) is 20.5. The minimum Gasteiger partial charge on any atom is -0.496 e. The van der Waals surface area contributed by atoms with Gasteiger partial charge in [-0.25, -0.2) is 9.18 Å². The Balaban J connectivity index is 1.94. The number of methoxy groups -OCH3 is 1. The molecule has 0 aliphatic heterocycles. The summed E-state index contributed by atoms with van der Waals surface area (Å²) in [6.45, 7) is 6.00. The molecular formula is C26H27FN2O4S. The fourth-order valence-electron chi connectivity index (χ4n) is 4.54. The highest BCUT2D eigenvalue weighted by molar-refractivity contribution is 7.17. The topological polar surface area (TPSA) is 82.6 Å². The van der Waals surface area contributed by atoms with Crippen molar-refractivity contribution in [2.75, 3.05) is 20.7 Å². The van der Waals surface area contributed by atoms with E-state index in [9.17, 15) is 14.7 Å². The maximum absolute atomic E-state index is 15.6. The minimum absolute atomic E-state index is 0.0346. The number of nitrogens with one attached hydrogen (secondary N) is 1. The van der Waals surface area contributed by atoms with E-state index < -0.39 is 11.9 Å². The van der Waals surface area contributed by atoms with Gasteiger partial charge in [-0.1, -0.05) is 26.0 Å². The second-order valence-electron chi connectivity index (χ2n) is 8.89. The average molecular weight is 483 g/mol. The molecule has 178 valence electrons. The largest absolute Gasteiger partial charge is 0.496 e. The van der Waals surface area contributed by atoms with Gasteiger partial charge >= 0.3 is 6.09 Å². The number of aromatic nitrogens is 1. The van der Waals surface area contributed by atoms with Crippen molar-refractivity contribution in [3.63, 3.8) is 0 Å². The number of hydrogen-bond donors (Lipinski definition) is 2. The van der Waals surface area contributed by atoms with Crippen molar-refractivity contribution in [2.45, 2.75) is 26.7 Å². The number of aryl methyl sites for hydroxylation is 1. The van der Waals surface area contributed by atoms with E-state index in [-0.39, 0.29) is 23.9 Å². The average Bonchev–Trinajstić information content (AvgIpc) is 3.28. The third-order valence-corrected chi connectivity index (χ3v) is 7.29. The number of aromatic amines is 1. The summed E-state index contributed by atoms with van der Waals surface area (Å²) < 4.78 is 21.9. The molecule has 4 rings (SSSR count). The maximum atomic E-state index is 15.6. The van der Waals surface area contributed by atoms with E-state index in [4.69, 9.17) is 4.74 Å². The van der Waals surface area contributed by atoms with Gasteiger partial charge in [0.05, 0.1) is 12.6 Å². The van der Waals surface area contributed by atoms with Gasteiger partial charge in [-0.05, 0) is 53.1 Å². The fraction of sp³-hybridized carbons (Fsp3) is 0.308. The van der Waals surface area contributed by atoms with Crippen LogP contribution < -0.4 is 10.3 Å². The van der Waals surface area contributed by atoms with Crippen molar-refractivity contribution >= 4 is 38.4 Å². The summed E-state index contributed by atoms with van der Waals surface area (Å²) in [7, 11) is 3.06. The number of halogens is 1. The van der Waals surface area contributed by atoms with Crippen LogP contribution in [0.2, 0.25) is 0 Å².